The molecule has 24 heavy (non-hydrogen) atoms. The molecule has 1 amide bonds. The summed E-state index contributed by atoms with van der Waals surface area (Å²) in [5.41, 5.74) is 1.24. The Morgan fingerprint density at radius 3 is 2.75 bits per heavy atom. The molecule has 132 valence electrons. The summed E-state index contributed by atoms with van der Waals surface area (Å²) >= 11 is 0. The average Bonchev–Trinajstić information content (AvgIpc) is 2.60. The fourth-order valence-electron chi connectivity index (χ4n) is 2.89. The number of nitrogens with zero attached hydrogens (tertiary/aromatic N) is 1. The van der Waals surface area contributed by atoms with Crippen LogP contribution < -0.4 is 4.74 Å². The summed E-state index contributed by atoms with van der Waals surface area (Å²) < 4.78 is 11.0. The van der Waals surface area contributed by atoms with Crippen LogP contribution in [0, 0.1) is 5.41 Å². The summed E-state index contributed by atoms with van der Waals surface area (Å²) in [4.78, 5) is 14.4. The van der Waals surface area contributed by atoms with Gasteiger partial charge in [0, 0.05) is 37.8 Å². The fourth-order valence-corrected chi connectivity index (χ4v) is 2.89. The number of hydrogen-bond acceptors (Lipinski definition) is 4. The van der Waals surface area contributed by atoms with Crippen molar-refractivity contribution in [1.82, 2.24) is 4.90 Å². The molecule has 1 heterocycles. The normalized spacial score (nSPS) is 16.5. The maximum Gasteiger partial charge on any atom is 0.253 e. The van der Waals surface area contributed by atoms with Crippen molar-refractivity contribution < 1.29 is 19.4 Å². The van der Waals surface area contributed by atoms with Crippen LogP contribution in [-0.2, 0) is 4.74 Å². The van der Waals surface area contributed by atoms with Gasteiger partial charge in [0.1, 0.15) is 12.4 Å². The van der Waals surface area contributed by atoms with Crippen LogP contribution in [0.3, 0.4) is 0 Å². The lowest BCUT2D eigenvalue weighted by molar-refractivity contribution is -0.0282. The summed E-state index contributed by atoms with van der Waals surface area (Å²) in [6.07, 6.45) is 1.53. The second-order valence-electron chi connectivity index (χ2n) is 6.71. The number of amides is 1. The van der Waals surface area contributed by atoms with E-state index in [1.165, 1.54) is 0 Å². The Morgan fingerprint density at radius 1 is 1.42 bits per heavy atom. The lowest BCUT2D eigenvalue weighted by Gasteiger charge is -2.38. The third-order valence-electron chi connectivity index (χ3n) is 4.37. The summed E-state index contributed by atoms with van der Waals surface area (Å²) in [6.45, 7) is 7.97. The average molecular weight is 333 g/mol. The fraction of sp³-hybridized carbons (Fsp3) is 0.526. The Morgan fingerprint density at radius 2 is 2.12 bits per heavy atom. The minimum absolute atomic E-state index is 0.0652. The van der Waals surface area contributed by atoms with E-state index < -0.39 is 0 Å². The summed E-state index contributed by atoms with van der Waals surface area (Å²) in [7, 11) is 1.77. The van der Waals surface area contributed by atoms with E-state index in [1.54, 1.807) is 24.1 Å². The highest BCUT2D eigenvalue weighted by atomic mass is 16.5. The first-order valence-corrected chi connectivity index (χ1v) is 8.27. The van der Waals surface area contributed by atoms with E-state index >= 15 is 0 Å². The Kier molecular flexibility index (Phi) is 6.40. The lowest BCUT2D eigenvalue weighted by atomic mass is 9.80. The molecule has 1 aromatic carbocycles. The van der Waals surface area contributed by atoms with Crippen molar-refractivity contribution in [2.24, 2.45) is 5.41 Å². The molecule has 0 aromatic heterocycles. The van der Waals surface area contributed by atoms with Crippen molar-refractivity contribution in [3.05, 3.63) is 42.0 Å². The second kappa shape index (κ2) is 8.31. The minimum Gasteiger partial charge on any atom is -0.489 e. The van der Waals surface area contributed by atoms with Gasteiger partial charge in [0.25, 0.3) is 5.91 Å². The van der Waals surface area contributed by atoms with E-state index in [4.69, 9.17) is 9.47 Å². The molecule has 1 aromatic rings. The number of aliphatic hydroxyl groups is 1. The van der Waals surface area contributed by atoms with Crippen LogP contribution in [0.5, 0.6) is 5.75 Å². The van der Waals surface area contributed by atoms with Crippen LogP contribution in [0.1, 0.15) is 30.1 Å². The molecule has 0 aliphatic carbocycles. The molecule has 1 aliphatic rings. The van der Waals surface area contributed by atoms with Crippen LogP contribution in [0.25, 0.3) is 0 Å². The van der Waals surface area contributed by atoms with E-state index in [2.05, 4.69) is 6.58 Å². The highest BCUT2D eigenvalue weighted by Crippen LogP contribution is 2.31. The molecule has 0 saturated carbocycles. The van der Waals surface area contributed by atoms with Crippen molar-refractivity contribution in [2.45, 2.75) is 19.8 Å². The Bertz CT molecular complexity index is 578. The van der Waals surface area contributed by atoms with Gasteiger partial charge in [0.2, 0.25) is 0 Å². The van der Waals surface area contributed by atoms with Gasteiger partial charge in [0.05, 0.1) is 6.61 Å². The first-order chi connectivity index (χ1) is 11.5. The predicted octanol–water partition coefficient (Wildman–Crippen LogP) is 2.50. The van der Waals surface area contributed by atoms with E-state index in [-0.39, 0.29) is 17.9 Å². The summed E-state index contributed by atoms with van der Waals surface area (Å²) in [6, 6.07) is 7.16. The number of aliphatic hydroxyl groups excluding tert-OH is 1. The maximum absolute atomic E-state index is 12.7. The Labute approximate surface area is 143 Å². The maximum atomic E-state index is 12.7. The molecule has 0 radical (unpaired) electrons. The Hall–Kier alpha value is -1.85. The SMILES string of the molecule is C=C(C)COc1cccc(C(=O)N(C)CC2(CO)CCOCC2)c1. The standard InChI is InChI=1S/C19H27NO4/c1-15(2)12-24-17-6-4-5-16(11-17)18(22)20(3)13-19(14-21)7-9-23-10-8-19/h4-6,11,21H,1,7-10,12-14H2,2-3H3. The van der Waals surface area contributed by atoms with Gasteiger partial charge in [-0.3, -0.25) is 4.79 Å². The number of carbonyl (C=O) groups is 1. The van der Waals surface area contributed by atoms with Gasteiger partial charge in [-0.05, 0) is 43.5 Å². The van der Waals surface area contributed by atoms with Gasteiger partial charge in [-0.15, -0.1) is 0 Å². The molecule has 0 bridgehead atoms. The number of benzene rings is 1. The quantitative estimate of drug-likeness (QED) is 0.779. The number of hydrogen-bond donors (Lipinski definition) is 1. The van der Waals surface area contributed by atoms with Crippen LogP contribution in [0.15, 0.2) is 36.4 Å². The van der Waals surface area contributed by atoms with E-state index in [0.717, 1.165) is 18.4 Å². The van der Waals surface area contributed by atoms with Crippen molar-refractivity contribution in [2.75, 3.05) is 40.0 Å². The van der Waals surface area contributed by atoms with Crippen molar-refractivity contribution in [1.29, 1.82) is 0 Å². The van der Waals surface area contributed by atoms with Gasteiger partial charge >= 0.3 is 0 Å². The van der Waals surface area contributed by atoms with Gasteiger partial charge in [-0.25, -0.2) is 0 Å². The number of carbonyl (C=O) groups excluding carboxylic acids is 1. The topological polar surface area (TPSA) is 59.0 Å². The van der Waals surface area contributed by atoms with E-state index in [1.807, 2.05) is 19.1 Å². The van der Waals surface area contributed by atoms with E-state index in [0.29, 0.717) is 37.7 Å². The largest absolute Gasteiger partial charge is 0.489 e. The molecule has 1 aliphatic heterocycles. The monoisotopic (exact) mass is 333 g/mol. The second-order valence-corrected chi connectivity index (χ2v) is 6.71. The third-order valence-corrected chi connectivity index (χ3v) is 4.37. The lowest BCUT2D eigenvalue weighted by Crippen LogP contribution is -2.44. The number of ether oxygens (including phenoxy) is 2. The van der Waals surface area contributed by atoms with Crippen molar-refractivity contribution in [3.8, 4) is 5.75 Å². The first-order valence-electron chi connectivity index (χ1n) is 8.27. The molecule has 0 unspecified atom stereocenters. The first kappa shape index (κ1) is 18.5. The van der Waals surface area contributed by atoms with Crippen molar-refractivity contribution >= 4 is 5.91 Å². The van der Waals surface area contributed by atoms with Crippen LogP contribution in [0.2, 0.25) is 0 Å². The van der Waals surface area contributed by atoms with Crippen LogP contribution >= 0.6 is 0 Å². The number of rotatable bonds is 7. The predicted molar refractivity (Wildman–Crippen MR) is 93.3 cm³/mol. The summed E-state index contributed by atoms with van der Waals surface area (Å²) in [5, 5.41) is 9.79. The molecule has 1 saturated heterocycles. The van der Waals surface area contributed by atoms with E-state index in [9.17, 15) is 9.90 Å². The molecule has 0 spiro atoms. The minimum atomic E-state index is -0.267. The smallest absolute Gasteiger partial charge is 0.253 e. The molecule has 2 rings (SSSR count). The molecular weight excluding hydrogens is 306 g/mol. The molecule has 1 N–H and O–H groups in total. The molecule has 1 fully saturated rings. The zero-order valence-corrected chi connectivity index (χ0v) is 14.6. The van der Waals surface area contributed by atoms with Gasteiger partial charge < -0.3 is 19.5 Å². The molecule has 0 atom stereocenters. The third kappa shape index (κ3) is 4.82. The molecule has 5 nitrogen and oxygen atoms in total. The van der Waals surface area contributed by atoms with Gasteiger partial charge in [-0.2, -0.15) is 0 Å². The Balaban J connectivity index is 2.04. The van der Waals surface area contributed by atoms with Gasteiger partial charge in [0.15, 0.2) is 0 Å². The molecule has 5 heteroatoms. The zero-order chi connectivity index (χ0) is 17.6. The highest BCUT2D eigenvalue weighted by molar-refractivity contribution is 5.94. The van der Waals surface area contributed by atoms with Crippen LogP contribution in [0.4, 0.5) is 0 Å². The van der Waals surface area contributed by atoms with Crippen LogP contribution in [-0.4, -0.2) is 55.9 Å². The summed E-state index contributed by atoms with van der Waals surface area (Å²) in [5.74, 6) is 0.579. The molecular formula is C19H27NO4. The zero-order valence-electron chi connectivity index (χ0n) is 14.6. The van der Waals surface area contributed by atoms with Crippen molar-refractivity contribution in [3.63, 3.8) is 0 Å². The van der Waals surface area contributed by atoms with Gasteiger partial charge in [-0.1, -0.05) is 12.6 Å². The highest BCUT2D eigenvalue weighted by Gasteiger charge is 2.34.